The van der Waals surface area contributed by atoms with Crippen molar-refractivity contribution in [1.82, 2.24) is 0 Å². The van der Waals surface area contributed by atoms with Gasteiger partial charge in [0.05, 0.1) is 43.7 Å². The van der Waals surface area contributed by atoms with Crippen molar-refractivity contribution < 1.29 is 37.6 Å². The van der Waals surface area contributed by atoms with Crippen molar-refractivity contribution in [1.29, 1.82) is 0 Å². The van der Waals surface area contributed by atoms with Crippen molar-refractivity contribution in [2.24, 2.45) is 0 Å². The molecule has 0 bridgehead atoms. The highest BCUT2D eigenvalue weighted by molar-refractivity contribution is 6.06. The van der Waals surface area contributed by atoms with Crippen LogP contribution in [0.4, 0.5) is 0 Å². The molecule has 9 aromatic carbocycles. The smallest absolute Gasteiger partial charge is 0.132 e. The van der Waals surface area contributed by atoms with E-state index >= 15 is 0 Å². The summed E-state index contributed by atoms with van der Waals surface area (Å²) in [6.45, 7) is 0. The molecule has 1 unspecified atom stereocenters. The van der Waals surface area contributed by atoms with Gasteiger partial charge in [-0.2, -0.15) is 0 Å². The van der Waals surface area contributed by atoms with E-state index in [0.29, 0.717) is 22.3 Å². The lowest BCUT2D eigenvalue weighted by Gasteiger charge is -2.39. The maximum Gasteiger partial charge on any atom is 0.132 e. The van der Waals surface area contributed by atoms with E-state index in [1.807, 2.05) is 0 Å². The van der Waals surface area contributed by atoms with Crippen LogP contribution < -0.4 is 4.74 Å². The Labute approximate surface area is 353 Å². The third-order valence-electron chi connectivity index (χ3n) is 11.3. The van der Waals surface area contributed by atoms with Gasteiger partial charge in [0.1, 0.15) is 11.5 Å². The Morgan fingerprint density at radius 1 is 0.364 bits per heavy atom. The molecule has 4 aliphatic rings. The third-order valence-corrected chi connectivity index (χ3v) is 11.3. The summed E-state index contributed by atoms with van der Waals surface area (Å²) in [6.07, 6.45) is 0. The number of para-hydroxylation sites is 1. The van der Waals surface area contributed by atoms with E-state index in [-0.39, 0.29) is 11.1 Å². The summed E-state index contributed by atoms with van der Waals surface area (Å²) < 4.78 is 233. The molecule has 3 aliphatic carbocycles. The van der Waals surface area contributed by atoms with Crippen LogP contribution in [0.15, 0.2) is 194 Å². The predicted octanol–water partition coefficient (Wildman–Crippen LogP) is 13.3. The standard InChI is InChI=1S/C54H32O/c1-2-14-36-33(13-1)26-29-47-52(36)41-18-6-10-22-45(41)54(47)44-21-9-5-17-39(44)40-28-25-34(31-48(40)54)35-27-30-51-49(32-35)53(46-23-11-12-24-50(46)55-51)42-19-7-3-15-37(42)38-16-4-8-20-43(38)53/h1-32H/i1D,2D,5D,6D,9D,10D,11D,12D,13D,14D,17D,18D,21D,22D,23D,24D,25D,26D,27D,28D,29D,30D,31D,32D. The number of hydrogen-bond donors (Lipinski definition) is 0. The first-order valence-corrected chi connectivity index (χ1v) is 17.3. The van der Waals surface area contributed by atoms with Gasteiger partial charge in [0.25, 0.3) is 0 Å². The van der Waals surface area contributed by atoms with Gasteiger partial charge in [-0.3, -0.25) is 0 Å². The predicted molar refractivity (Wildman–Crippen MR) is 223 cm³/mol. The van der Waals surface area contributed by atoms with Crippen LogP contribution in [-0.2, 0) is 10.8 Å². The first-order valence-electron chi connectivity index (χ1n) is 29.3. The summed E-state index contributed by atoms with van der Waals surface area (Å²) >= 11 is 0. The molecular weight excluding hydrogens is 665 g/mol. The average Bonchev–Trinajstić information content (AvgIpc) is 1.97. The van der Waals surface area contributed by atoms with E-state index in [1.54, 1.807) is 48.5 Å². The minimum absolute atomic E-state index is 0.169. The van der Waals surface area contributed by atoms with Crippen LogP contribution >= 0.6 is 0 Å². The van der Waals surface area contributed by atoms with E-state index < -0.39 is 234 Å². The Morgan fingerprint density at radius 3 is 1.73 bits per heavy atom. The summed E-state index contributed by atoms with van der Waals surface area (Å²) in [4.78, 5) is 0. The van der Waals surface area contributed by atoms with Gasteiger partial charge in [-0.05, 0) is 113 Å². The molecule has 1 heteroatoms. The molecular formula is C54H32O. The molecule has 0 saturated heterocycles. The van der Waals surface area contributed by atoms with Gasteiger partial charge in [-0.15, -0.1) is 0 Å². The van der Waals surface area contributed by atoms with E-state index in [4.69, 9.17) is 18.4 Å². The summed E-state index contributed by atoms with van der Waals surface area (Å²) in [5.41, 5.74) is -9.36. The van der Waals surface area contributed by atoms with Gasteiger partial charge < -0.3 is 4.74 Å². The summed E-state index contributed by atoms with van der Waals surface area (Å²) in [6, 6.07) is -6.27. The van der Waals surface area contributed by atoms with Gasteiger partial charge in [0.15, 0.2) is 0 Å². The molecule has 0 saturated carbocycles. The number of benzene rings is 9. The molecule has 1 heterocycles. The largest absolute Gasteiger partial charge is 0.457 e. The lowest BCUT2D eigenvalue weighted by Crippen LogP contribution is -2.32. The highest BCUT2D eigenvalue weighted by Crippen LogP contribution is 2.65. The molecule has 1 atom stereocenters. The first kappa shape index (κ1) is 15.1. The second kappa shape index (κ2) is 10.4. The molecule has 0 fully saturated rings. The zero-order valence-electron chi connectivity index (χ0n) is 52.0. The zero-order valence-corrected chi connectivity index (χ0v) is 28.0. The second-order valence-electron chi connectivity index (χ2n) is 13.6. The van der Waals surface area contributed by atoms with Gasteiger partial charge >= 0.3 is 0 Å². The van der Waals surface area contributed by atoms with Crippen molar-refractivity contribution in [3.63, 3.8) is 0 Å². The van der Waals surface area contributed by atoms with E-state index in [1.165, 1.54) is 0 Å². The molecule has 0 radical (unpaired) electrons. The normalized spacial score (nSPS) is 22.8. The Bertz CT molecular complexity index is 4480. The Hall–Kier alpha value is -6.96. The minimum Gasteiger partial charge on any atom is -0.457 e. The molecule has 55 heavy (non-hydrogen) atoms. The van der Waals surface area contributed by atoms with Gasteiger partial charge in [0.2, 0.25) is 0 Å². The average molecular weight is 721 g/mol. The molecule has 0 aromatic heterocycles. The topological polar surface area (TPSA) is 9.23 Å². The fourth-order valence-corrected chi connectivity index (χ4v) is 9.25. The van der Waals surface area contributed by atoms with Crippen LogP contribution in [0.2, 0.25) is 0 Å². The summed E-state index contributed by atoms with van der Waals surface area (Å²) in [5.74, 6) is -0.896. The molecule has 0 amide bonds. The molecule has 0 N–H and O–H groups in total. The zero-order chi connectivity index (χ0) is 56.8. The molecule has 254 valence electrons. The molecule has 13 rings (SSSR count). The number of rotatable bonds is 1. The fourth-order valence-electron chi connectivity index (χ4n) is 9.25. The van der Waals surface area contributed by atoms with Gasteiger partial charge in [-0.1, -0.05) is 169 Å². The lowest BCUT2D eigenvalue weighted by atomic mass is 9.65. The van der Waals surface area contributed by atoms with Crippen LogP contribution in [0.1, 0.15) is 77.4 Å². The molecule has 9 aromatic rings. The van der Waals surface area contributed by atoms with E-state index in [2.05, 4.69) is 0 Å². The maximum atomic E-state index is 10.6. The molecule has 2 spiro atoms. The summed E-state index contributed by atoms with van der Waals surface area (Å²) in [5, 5.41) is -1.05. The second-order valence-corrected chi connectivity index (χ2v) is 13.6. The van der Waals surface area contributed by atoms with E-state index in [9.17, 15) is 19.2 Å². The lowest BCUT2D eigenvalue weighted by molar-refractivity contribution is 0.436. The van der Waals surface area contributed by atoms with Crippen LogP contribution in [0.5, 0.6) is 11.5 Å². The van der Waals surface area contributed by atoms with E-state index in [0.717, 1.165) is 0 Å². The van der Waals surface area contributed by atoms with Crippen LogP contribution in [0.25, 0.3) is 55.3 Å². The SMILES string of the molecule is [2H]c1c([2H])c([2H])c2c(c1[2H])Oc1c([2H])c([2H])c(-c3c([2H])c([2H])c4c(c3[2H])C3(c5c([2H])c([2H])c([2H])c([2H])c5-4)c4c([2H])c([2H])c([2H])c([2H])c4-c4c3c([2H])c([2H])c3c([2H])c([2H])c([2H])c([2H])c43)c([2H])c1C21c2ccccc2-c2ccccc21. The van der Waals surface area contributed by atoms with Crippen molar-refractivity contribution in [2.75, 3.05) is 0 Å². The highest BCUT2D eigenvalue weighted by Gasteiger charge is 2.53. The minimum atomic E-state index is -2.83. The third kappa shape index (κ3) is 3.46. The van der Waals surface area contributed by atoms with Crippen LogP contribution in [0.3, 0.4) is 0 Å². The molecule has 1 aliphatic heterocycles. The van der Waals surface area contributed by atoms with Crippen molar-refractivity contribution >= 4 is 10.8 Å². The van der Waals surface area contributed by atoms with Crippen molar-refractivity contribution in [3.8, 4) is 56.0 Å². The Morgan fingerprint density at radius 2 is 0.927 bits per heavy atom. The highest BCUT2D eigenvalue weighted by atomic mass is 16.5. The fraction of sp³-hybridized carbons (Fsp3) is 0.0370. The number of ether oxygens (including phenoxy) is 1. The van der Waals surface area contributed by atoms with Crippen LogP contribution in [0, 0.1) is 0 Å². The van der Waals surface area contributed by atoms with Crippen LogP contribution in [-0.4, -0.2) is 0 Å². The number of fused-ring (bicyclic) bond motifs is 21. The Kier molecular flexibility index (Phi) is 2.84. The summed E-state index contributed by atoms with van der Waals surface area (Å²) in [7, 11) is 0. The van der Waals surface area contributed by atoms with Gasteiger partial charge in [0, 0.05) is 11.1 Å². The molecule has 1 nitrogen and oxygen atoms in total. The monoisotopic (exact) mass is 720 g/mol. The number of hydrogen-bond acceptors (Lipinski definition) is 1. The Balaban J connectivity index is 1.27. The van der Waals surface area contributed by atoms with Crippen molar-refractivity contribution in [3.05, 3.63) is 238 Å². The first-order chi connectivity index (χ1) is 37.3. The van der Waals surface area contributed by atoms with Gasteiger partial charge in [-0.25, -0.2) is 0 Å². The maximum absolute atomic E-state index is 10.6. The van der Waals surface area contributed by atoms with Crippen molar-refractivity contribution in [2.45, 2.75) is 10.8 Å². The quantitative estimate of drug-likeness (QED) is 0.164.